The van der Waals surface area contributed by atoms with Gasteiger partial charge < -0.3 is 15.4 Å². The van der Waals surface area contributed by atoms with Gasteiger partial charge in [-0.25, -0.2) is 14.1 Å². The van der Waals surface area contributed by atoms with Gasteiger partial charge in [-0.3, -0.25) is 9.59 Å². The summed E-state index contributed by atoms with van der Waals surface area (Å²) >= 11 is 0. The summed E-state index contributed by atoms with van der Waals surface area (Å²) in [5.41, 5.74) is 1.64. The smallest absolute Gasteiger partial charge is 0.290 e. The highest BCUT2D eigenvalue weighted by atomic mass is 19.1. The predicted molar refractivity (Wildman–Crippen MR) is 115 cm³/mol. The van der Waals surface area contributed by atoms with Gasteiger partial charge in [-0.2, -0.15) is 0 Å². The number of benzene rings is 2. The van der Waals surface area contributed by atoms with E-state index in [1.807, 2.05) is 12.1 Å². The first-order chi connectivity index (χ1) is 15.5. The fourth-order valence-corrected chi connectivity index (χ4v) is 3.11. The number of hydrogen-bond donors (Lipinski definition) is 2. The normalized spacial score (nSPS) is 12.9. The van der Waals surface area contributed by atoms with Crippen molar-refractivity contribution in [3.8, 4) is 11.4 Å². The van der Waals surface area contributed by atoms with E-state index in [9.17, 15) is 14.0 Å². The summed E-state index contributed by atoms with van der Waals surface area (Å²) in [5.74, 6) is 0.377. The lowest BCUT2D eigenvalue weighted by atomic mass is 10.1. The molecule has 0 aliphatic heterocycles. The molecule has 1 aromatic heterocycles. The van der Waals surface area contributed by atoms with E-state index in [4.69, 9.17) is 4.74 Å². The highest BCUT2D eigenvalue weighted by Gasteiger charge is 2.23. The molecule has 0 unspecified atom stereocenters. The van der Waals surface area contributed by atoms with Crippen LogP contribution in [-0.2, 0) is 11.2 Å². The van der Waals surface area contributed by atoms with Crippen molar-refractivity contribution in [1.29, 1.82) is 0 Å². The molecule has 2 amide bonds. The van der Waals surface area contributed by atoms with Crippen molar-refractivity contribution in [3.05, 3.63) is 71.6 Å². The van der Waals surface area contributed by atoms with Crippen molar-refractivity contribution in [2.45, 2.75) is 32.2 Å². The number of halogens is 1. The molecule has 1 saturated carbocycles. The highest BCUT2D eigenvalue weighted by molar-refractivity contribution is 5.90. The topological polar surface area (TPSA) is 98.1 Å². The maximum Gasteiger partial charge on any atom is 0.290 e. The number of nitrogens with zero attached hydrogens (tertiary/aromatic N) is 3. The second-order valence-corrected chi connectivity index (χ2v) is 7.65. The molecule has 0 radical (unpaired) electrons. The number of amides is 2. The van der Waals surface area contributed by atoms with Gasteiger partial charge in [0.05, 0.1) is 5.69 Å². The molecule has 9 heteroatoms. The number of nitrogens with one attached hydrogen (secondary N) is 2. The van der Waals surface area contributed by atoms with Gasteiger partial charge in [0.2, 0.25) is 5.82 Å². The molecule has 4 rings (SSSR count). The van der Waals surface area contributed by atoms with Gasteiger partial charge in [0.25, 0.3) is 11.8 Å². The van der Waals surface area contributed by atoms with E-state index < -0.39 is 0 Å². The van der Waals surface area contributed by atoms with Gasteiger partial charge in [0, 0.05) is 12.6 Å². The largest absolute Gasteiger partial charge is 0.484 e. The minimum atomic E-state index is -0.379. The third-order valence-corrected chi connectivity index (χ3v) is 4.98. The Morgan fingerprint density at radius 1 is 1.12 bits per heavy atom. The Morgan fingerprint density at radius 3 is 2.53 bits per heavy atom. The van der Waals surface area contributed by atoms with Crippen LogP contribution in [0.2, 0.25) is 0 Å². The Morgan fingerprint density at radius 2 is 1.84 bits per heavy atom. The van der Waals surface area contributed by atoms with E-state index in [2.05, 4.69) is 20.7 Å². The van der Waals surface area contributed by atoms with Crippen molar-refractivity contribution in [2.24, 2.45) is 0 Å². The Bertz CT molecular complexity index is 1090. The third kappa shape index (κ3) is 5.69. The lowest BCUT2D eigenvalue weighted by molar-refractivity contribution is -0.123. The first kappa shape index (κ1) is 21.5. The zero-order chi connectivity index (χ0) is 22.5. The monoisotopic (exact) mass is 437 g/mol. The van der Waals surface area contributed by atoms with E-state index >= 15 is 0 Å². The summed E-state index contributed by atoms with van der Waals surface area (Å²) in [7, 11) is 0. The second kappa shape index (κ2) is 9.59. The molecule has 8 nitrogen and oxygen atoms in total. The fraction of sp³-hybridized carbons (Fsp3) is 0.304. The van der Waals surface area contributed by atoms with Crippen LogP contribution in [0.4, 0.5) is 4.39 Å². The molecule has 32 heavy (non-hydrogen) atoms. The van der Waals surface area contributed by atoms with Gasteiger partial charge in [-0.15, -0.1) is 5.10 Å². The molecule has 1 fully saturated rings. The summed E-state index contributed by atoms with van der Waals surface area (Å²) in [4.78, 5) is 28.3. The molecule has 0 atom stereocenters. The zero-order valence-corrected chi connectivity index (χ0v) is 17.7. The average molecular weight is 437 g/mol. The fourth-order valence-electron chi connectivity index (χ4n) is 3.11. The number of rotatable bonds is 9. The highest BCUT2D eigenvalue weighted by Crippen LogP contribution is 2.18. The molecule has 2 aromatic carbocycles. The molecular formula is C23H24FN5O3. The van der Waals surface area contributed by atoms with Gasteiger partial charge in [0.15, 0.2) is 6.61 Å². The number of aromatic nitrogens is 3. The zero-order valence-electron chi connectivity index (χ0n) is 17.7. The number of carbonyl (C=O) groups excluding carboxylic acids is 2. The summed E-state index contributed by atoms with van der Waals surface area (Å²) in [5, 5.41) is 9.90. The molecule has 2 N–H and O–H groups in total. The number of ether oxygens (including phenoxy) is 1. The Kier molecular flexibility index (Phi) is 6.44. The van der Waals surface area contributed by atoms with E-state index in [1.54, 1.807) is 31.2 Å². The number of hydrogen-bond acceptors (Lipinski definition) is 5. The van der Waals surface area contributed by atoms with Crippen LogP contribution in [-0.4, -0.2) is 45.8 Å². The maximum absolute atomic E-state index is 13.1. The van der Waals surface area contributed by atoms with E-state index in [-0.39, 0.29) is 30.1 Å². The minimum Gasteiger partial charge on any atom is -0.484 e. The number of carbonyl (C=O) groups is 2. The molecule has 0 saturated heterocycles. The lowest BCUT2D eigenvalue weighted by Crippen LogP contribution is -2.30. The van der Waals surface area contributed by atoms with Crippen LogP contribution in [0.1, 0.15) is 34.8 Å². The van der Waals surface area contributed by atoms with E-state index in [0.29, 0.717) is 36.3 Å². The molecule has 1 aliphatic rings. The first-order valence-electron chi connectivity index (χ1n) is 10.5. The molecule has 0 bridgehead atoms. The predicted octanol–water partition coefficient (Wildman–Crippen LogP) is 2.34. The van der Waals surface area contributed by atoms with Crippen LogP contribution in [0.15, 0.2) is 48.5 Å². The SMILES string of the molecule is Cc1nc(C(=O)NCCc2ccc(OCC(=O)NC3CC3)cc2)nn1-c1ccc(F)cc1. The first-order valence-corrected chi connectivity index (χ1v) is 10.5. The van der Waals surface area contributed by atoms with Gasteiger partial charge in [-0.1, -0.05) is 12.1 Å². The van der Waals surface area contributed by atoms with Crippen molar-refractivity contribution in [3.63, 3.8) is 0 Å². The van der Waals surface area contributed by atoms with Crippen molar-refractivity contribution >= 4 is 11.8 Å². The van der Waals surface area contributed by atoms with Crippen LogP contribution in [0, 0.1) is 12.7 Å². The minimum absolute atomic E-state index is 0.00287. The molecule has 1 heterocycles. The van der Waals surface area contributed by atoms with Crippen LogP contribution >= 0.6 is 0 Å². The summed E-state index contributed by atoms with van der Waals surface area (Å²) in [6, 6.07) is 13.5. The summed E-state index contributed by atoms with van der Waals surface area (Å²) < 4.78 is 20.1. The quantitative estimate of drug-likeness (QED) is 0.536. The lowest BCUT2D eigenvalue weighted by Gasteiger charge is -2.08. The van der Waals surface area contributed by atoms with Gasteiger partial charge in [0.1, 0.15) is 17.4 Å². The van der Waals surface area contributed by atoms with Gasteiger partial charge in [-0.05, 0) is 68.1 Å². The van der Waals surface area contributed by atoms with Crippen LogP contribution in [0.3, 0.4) is 0 Å². The molecule has 1 aliphatic carbocycles. The molecular weight excluding hydrogens is 413 g/mol. The second-order valence-electron chi connectivity index (χ2n) is 7.65. The van der Waals surface area contributed by atoms with Crippen molar-refractivity contribution < 1.29 is 18.7 Å². The molecule has 166 valence electrons. The van der Waals surface area contributed by atoms with Crippen LogP contribution in [0.25, 0.3) is 5.69 Å². The third-order valence-electron chi connectivity index (χ3n) is 4.98. The number of aryl methyl sites for hydroxylation is 1. The molecule has 0 spiro atoms. The van der Waals surface area contributed by atoms with Crippen molar-refractivity contribution in [1.82, 2.24) is 25.4 Å². The van der Waals surface area contributed by atoms with E-state index in [1.165, 1.54) is 16.8 Å². The average Bonchev–Trinajstić information content (AvgIpc) is 3.52. The van der Waals surface area contributed by atoms with Gasteiger partial charge >= 0.3 is 0 Å². The Hall–Kier alpha value is -3.75. The van der Waals surface area contributed by atoms with Crippen LogP contribution < -0.4 is 15.4 Å². The Balaban J connectivity index is 1.24. The Labute approximate surface area is 184 Å². The van der Waals surface area contributed by atoms with Crippen molar-refractivity contribution in [2.75, 3.05) is 13.2 Å². The summed E-state index contributed by atoms with van der Waals surface area (Å²) in [6.45, 7) is 2.14. The maximum atomic E-state index is 13.1. The summed E-state index contributed by atoms with van der Waals surface area (Å²) in [6.07, 6.45) is 2.71. The van der Waals surface area contributed by atoms with E-state index in [0.717, 1.165) is 18.4 Å². The van der Waals surface area contributed by atoms with Crippen LogP contribution in [0.5, 0.6) is 5.75 Å². The molecule has 3 aromatic rings. The standard InChI is InChI=1S/C23H24FN5O3/c1-15-26-22(28-29(15)19-8-4-17(24)5-9-19)23(31)25-13-12-16-2-10-20(11-3-16)32-14-21(30)27-18-6-7-18/h2-5,8-11,18H,6-7,12-14H2,1H3,(H,25,31)(H,27,30).